The van der Waals surface area contributed by atoms with E-state index in [9.17, 15) is 72.6 Å². The zero-order valence-corrected chi connectivity index (χ0v) is 33.1. The fourth-order valence-electron chi connectivity index (χ4n) is 4.12. The molecule has 25 heteroatoms. The second kappa shape index (κ2) is 16.8. The van der Waals surface area contributed by atoms with E-state index in [4.69, 9.17) is 11.0 Å². The molecule has 0 fully saturated rings. The Morgan fingerprint density at radius 1 is 0.776 bits per heavy atom. The molecule has 2 aromatic heterocycles. The van der Waals surface area contributed by atoms with Crippen molar-refractivity contribution in [2.45, 2.75) is 65.2 Å². The molecule has 0 unspecified atom stereocenters. The number of benzene rings is 2. The fourth-order valence-corrected chi connectivity index (χ4v) is 8.89. The summed E-state index contributed by atoms with van der Waals surface area (Å²) >= 11 is 1.28. The minimum atomic E-state index is -5.10. The molecule has 0 bridgehead atoms. The highest BCUT2D eigenvalue weighted by molar-refractivity contribution is 7.93. The number of hydrogen-bond acceptors (Lipinski definition) is 13. The van der Waals surface area contributed by atoms with Crippen LogP contribution in [0.2, 0.25) is 0 Å². The van der Waals surface area contributed by atoms with Crippen LogP contribution in [-0.4, -0.2) is 61.9 Å². The van der Waals surface area contributed by atoms with Gasteiger partial charge in [-0.2, -0.15) is 31.6 Å². The van der Waals surface area contributed by atoms with E-state index < -0.39 is 97.7 Å². The van der Waals surface area contributed by atoms with Crippen LogP contribution in [0.4, 0.5) is 36.3 Å². The van der Waals surface area contributed by atoms with Gasteiger partial charge < -0.3 is 26.6 Å². The van der Waals surface area contributed by atoms with Gasteiger partial charge in [0.2, 0.25) is 9.84 Å². The highest BCUT2D eigenvalue weighted by atomic mass is 32.2. The van der Waals surface area contributed by atoms with Gasteiger partial charge in [0, 0.05) is 0 Å². The first-order valence-electron chi connectivity index (χ1n) is 15.5. The Morgan fingerprint density at radius 3 is 1.84 bits per heavy atom. The van der Waals surface area contributed by atoms with Gasteiger partial charge in [-0.25, -0.2) is 21.6 Å². The Kier molecular flexibility index (Phi) is 13.6. The number of anilines is 2. The van der Waals surface area contributed by atoms with E-state index in [1.54, 1.807) is 0 Å². The summed E-state index contributed by atoms with van der Waals surface area (Å²) in [4.78, 5) is 45.9. The summed E-state index contributed by atoms with van der Waals surface area (Å²) in [6.45, 7) is 4.70. The number of thiophene rings is 2. The number of carbonyl (C=O) groups is 4. The van der Waals surface area contributed by atoms with Crippen LogP contribution in [0.15, 0.2) is 74.0 Å². The van der Waals surface area contributed by atoms with Crippen LogP contribution in [-0.2, 0) is 41.8 Å². The summed E-state index contributed by atoms with van der Waals surface area (Å²) in [5.41, 5.74) is -2.31. The number of sulfone groups is 1. The van der Waals surface area contributed by atoms with Crippen molar-refractivity contribution < 1.29 is 72.6 Å². The maximum absolute atomic E-state index is 13.3. The minimum absolute atomic E-state index is 0.106. The second-order valence-electron chi connectivity index (χ2n) is 12.6. The lowest BCUT2D eigenvalue weighted by Gasteiger charge is -2.17. The summed E-state index contributed by atoms with van der Waals surface area (Å²) in [6.07, 6.45) is -9.85. The third-order valence-electron chi connectivity index (χ3n) is 7.12. The number of rotatable bonds is 10. The van der Waals surface area contributed by atoms with E-state index in [1.807, 2.05) is 0 Å². The molecule has 0 aliphatic heterocycles. The lowest BCUT2D eigenvalue weighted by Crippen LogP contribution is -2.37. The number of primary amides is 1. The predicted molar refractivity (Wildman–Crippen MR) is 195 cm³/mol. The van der Waals surface area contributed by atoms with E-state index in [1.165, 1.54) is 43.9 Å². The molecule has 2 heterocycles. The molecule has 0 atom stereocenters. The van der Waals surface area contributed by atoms with Crippen LogP contribution in [0.1, 0.15) is 65.1 Å². The first-order valence-corrected chi connectivity index (χ1v) is 20.2. The summed E-state index contributed by atoms with van der Waals surface area (Å²) < 4.78 is 130. The highest BCUT2D eigenvalue weighted by Gasteiger charge is 2.39. The van der Waals surface area contributed by atoms with Crippen molar-refractivity contribution in [1.82, 2.24) is 4.72 Å². The van der Waals surface area contributed by atoms with Crippen LogP contribution >= 0.6 is 22.7 Å². The van der Waals surface area contributed by atoms with Gasteiger partial charge in [0.05, 0.1) is 43.7 Å². The van der Waals surface area contributed by atoms with E-state index in [0.29, 0.717) is 29.5 Å². The van der Waals surface area contributed by atoms with Crippen LogP contribution in [0, 0.1) is 11.3 Å². The summed E-state index contributed by atoms with van der Waals surface area (Å²) in [6, 6.07) is 8.39. The largest absolute Gasteiger partial charge is 0.417 e. The van der Waals surface area contributed by atoms with Gasteiger partial charge in [-0.15, -0.1) is 22.7 Å². The number of sulfonamides is 1. The highest BCUT2D eigenvalue weighted by Crippen LogP contribution is 2.38. The second-order valence-corrected chi connectivity index (χ2v) is 18.4. The molecular weight excluding hydrogens is 869 g/mol. The zero-order valence-electron chi connectivity index (χ0n) is 29.9. The Bertz CT molecular complexity index is 2530. The topological polar surface area (TPSA) is 263 Å². The molecule has 0 saturated heterocycles. The monoisotopic (exact) mass is 897 g/mol. The molecule has 312 valence electrons. The average molecular weight is 898 g/mol. The zero-order chi connectivity index (χ0) is 44.4. The molecule has 7 N–H and O–H groups in total. The average Bonchev–Trinajstić information content (AvgIpc) is 3.74. The van der Waals surface area contributed by atoms with Crippen molar-refractivity contribution in [3.63, 3.8) is 0 Å². The van der Waals surface area contributed by atoms with Gasteiger partial charge in [0.15, 0.2) is 0 Å². The third kappa shape index (κ3) is 11.4. The number of carbonyl (C=O) groups excluding carboxylic acids is 4. The molecule has 4 aromatic rings. The molecule has 0 saturated carbocycles. The van der Waals surface area contributed by atoms with E-state index in [2.05, 4.69) is 10.6 Å². The first-order chi connectivity index (χ1) is 26.3. The van der Waals surface area contributed by atoms with Gasteiger partial charge in [0.1, 0.15) is 25.4 Å². The van der Waals surface area contributed by atoms with E-state index in [-0.39, 0.29) is 21.1 Å². The summed E-state index contributed by atoms with van der Waals surface area (Å²) in [7, 11) is -9.42. The number of aliphatic hydroxyl groups is 2. The van der Waals surface area contributed by atoms with Gasteiger partial charge in [-0.1, -0.05) is 6.07 Å². The Morgan fingerprint density at radius 2 is 1.34 bits per heavy atom. The lowest BCUT2D eigenvalue weighted by atomic mass is 10.1. The first kappa shape index (κ1) is 47.0. The van der Waals surface area contributed by atoms with Crippen LogP contribution in [0.25, 0.3) is 0 Å². The van der Waals surface area contributed by atoms with Crippen molar-refractivity contribution >= 4 is 76.2 Å². The van der Waals surface area contributed by atoms with Gasteiger partial charge in [-0.3, -0.25) is 19.2 Å². The van der Waals surface area contributed by atoms with Crippen molar-refractivity contribution in [3.05, 3.63) is 87.8 Å². The molecule has 0 aliphatic rings. The molecule has 0 spiro atoms. The van der Waals surface area contributed by atoms with E-state index >= 15 is 0 Å². The standard InChI is InChI=1S/C17H14F3N3O5S2.C16H15F3N2O5S2/c1-16(2,26)15(25)22-14-10(5-6-29-14)13(24)23-30(27,28)12-4-3-9(8-21)7-11(12)17(18,19)20;1-15(2,24)14(23)21-13-10(12(20)22)7-11(27-13)28(25,26)9-5-3-4-8(6-9)16(17,18)19/h3-7,26H,1-2H3,(H,22,25)(H,23,24);3-7,24H,1-2H3,(H2,20,22)(H,21,23). The van der Waals surface area contributed by atoms with E-state index in [0.717, 1.165) is 47.7 Å². The van der Waals surface area contributed by atoms with Gasteiger partial charge >= 0.3 is 12.4 Å². The molecule has 15 nitrogen and oxygen atoms in total. The smallest absolute Gasteiger partial charge is 0.381 e. The minimum Gasteiger partial charge on any atom is -0.381 e. The Balaban J connectivity index is 0.000000311. The number of nitrogens with one attached hydrogen (secondary N) is 3. The molecule has 4 amide bonds. The van der Waals surface area contributed by atoms with Crippen LogP contribution in [0.5, 0.6) is 0 Å². The number of nitrogens with zero attached hydrogens (tertiary/aromatic N) is 1. The molecule has 4 rings (SSSR count). The summed E-state index contributed by atoms with van der Waals surface area (Å²) in [5, 5.41) is 33.5. The molecule has 58 heavy (non-hydrogen) atoms. The van der Waals surface area contributed by atoms with Crippen molar-refractivity contribution in [1.29, 1.82) is 5.26 Å². The molecule has 0 radical (unpaired) electrons. The van der Waals surface area contributed by atoms with Gasteiger partial charge in [0.25, 0.3) is 33.7 Å². The summed E-state index contributed by atoms with van der Waals surface area (Å²) in [5.74, 6) is -4.17. The Labute approximate surface area is 333 Å². The number of alkyl halides is 6. The molecule has 2 aromatic carbocycles. The van der Waals surface area contributed by atoms with Crippen molar-refractivity contribution in [2.75, 3.05) is 10.6 Å². The van der Waals surface area contributed by atoms with Crippen molar-refractivity contribution in [2.24, 2.45) is 5.73 Å². The number of nitrogens with two attached hydrogens (primary N) is 1. The number of amides is 4. The third-order valence-corrected chi connectivity index (χ3v) is 12.6. The normalized spacial score (nSPS) is 12.4. The number of nitriles is 1. The predicted octanol–water partition coefficient (Wildman–Crippen LogP) is 4.87. The lowest BCUT2D eigenvalue weighted by molar-refractivity contribution is -0.140. The maximum atomic E-state index is 13.3. The SMILES string of the molecule is CC(C)(O)C(=O)Nc1sc(S(=O)(=O)c2cccc(C(F)(F)F)c2)cc1C(N)=O.CC(C)(O)C(=O)Nc1sccc1C(=O)NS(=O)(=O)c1ccc(C#N)cc1C(F)(F)F. The molecular formula is C33H29F6N5O10S4. The fraction of sp³-hybridized carbons (Fsp3) is 0.242. The quantitative estimate of drug-likeness (QED) is 0.117. The van der Waals surface area contributed by atoms with Gasteiger partial charge in [-0.05, 0) is 81.6 Å². The van der Waals surface area contributed by atoms with Crippen molar-refractivity contribution in [3.8, 4) is 6.07 Å². The van der Waals surface area contributed by atoms with Crippen LogP contribution < -0.4 is 21.1 Å². The maximum Gasteiger partial charge on any atom is 0.417 e. The number of hydrogen-bond donors (Lipinski definition) is 6. The number of halogens is 6. The molecule has 0 aliphatic carbocycles. The van der Waals surface area contributed by atoms with Crippen LogP contribution in [0.3, 0.4) is 0 Å². The Hall–Kier alpha value is -5.39.